The molecular weight excluding hydrogens is 304 g/mol. The molecule has 0 aliphatic rings. The molecule has 0 saturated carbocycles. The van der Waals surface area contributed by atoms with E-state index in [0.29, 0.717) is 12.4 Å². The maximum Gasteiger partial charge on any atom is 2.00 e. The number of hydrogen-bond donors (Lipinski definition) is 0. The molecule has 0 heterocycles. The van der Waals surface area contributed by atoms with Crippen LogP contribution >= 0.6 is 0 Å². The van der Waals surface area contributed by atoms with Crippen LogP contribution in [0.1, 0.15) is 5.56 Å². The van der Waals surface area contributed by atoms with Gasteiger partial charge < -0.3 is 26.5 Å². The predicted molar refractivity (Wildman–Crippen MR) is 68.4 cm³/mol. The van der Waals surface area contributed by atoms with Gasteiger partial charge in [-0.3, -0.25) is 0 Å². The molecule has 18 heavy (non-hydrogen) atoms. The van der Waals surface area contributed by atoms with Gasteiger partial charge in [0, 0.05) is 5.75 Å². The Balaban J connectivity index is 0.00000144. The van der Waals surface area contributed by atoms with E-state index in [0.717, 1.165) is 11.3 Å². The minimum atomic E-state index is 0. The molecule has 0 saturated heterocycles. The summed E-state index contributed by atoms with van der Waals surface area (Å²) in [7, 11) is 1.63. The Morgan fingerprint density at radius 3 is 2.44 bits per heavy atom. The van der Waals surface area contributed by atoms with Crippen LogP contribution in [0.2, 0.25) is 0 Å². The molecule has 0 aliphatic carbocycles. The maximum atomic E-state index is 5.66. The minimum absolute atomic E-state index is 0. The van der Waals surface area contributed by atoms with Gasteiger partial charge in [-0.1, -0.05) is 30.3 Å². The van der Waals surface area contributed by atoms with Crippen molar-refractivity contribution in [2.24, 2.45) is 0 Å². The van der Waals surface area contributed by atoms with E-state index in [1.54, 1.807) is 19.2 Å². The summed E-state index contributed by atoms with van der Waals surface area (Å²) >= 11 is 0. The van der Waals surface area contributed by atoms with Gasteiger partial charge in [-0.2, -0.15) is 12.1 Å². The fraction of sp³-hybridized carbons (Fsp3) is 0.143. The first kappa shape index (κ1) is 17.3. The molecule has 0 spiro atoms. The zero-order valence-electron chi connectivity index (χ0n) is 10.2. The SMILES string of the molecule is COc1cc[c-]cc1OCc1ccccc1.[Br-].[Mg+2]. The molecule has 0 aromatic heterocycles. The van der Waals surface area contributed by atoms with Crippen molar-refractivity contribution < 1.29 is 26.5 Å². The molecule has 0 radical (unpaired) electrons. The molecule has 0 fully saturated rings. The summed E-state index contributed by atoms with van der Waals surface area (Å²) in [4.78, 5) is 0. The fourth-order valence-corrected chi connectivity index (χ4v) is 1.42. The van der Waals surface area contributed by atoms with Crippen LogP contribution < -0.4 is 26.5 Å². The number of benzene rings is 2. The van der Waals surface area contributed by atoms with E-state index >= 15 is 0 Å². The molecule has 0 unspecified atom stereocenters. The molecule has 4 heteroatoms. The van der Waals surface area contributed by atoms with Crippen molar-refractivity contribution in [2.75, 3.05) is 7.11 Å². The van der Waals surface area contributed by atoms with Crippen LogP contribution in [0.25, 0.3) is 0 Å². The van der Waals surface area contributed by atoms with Crippen LogP contribution in [-0.2, 0) is 6.61 Å². The Labute approximate surface area is 134 Å². The van der Waals surface area contributed by atoms with Gasteiger partial charge >= 0.3 is 23.1 Å². The number of methoxy groups -OCH3 is 1. The molecule has 0 N–H and O–H groups in total. The molecule has 0 atom stereocenters. The van der Waals surface area contributed by atoms with Crippen molar-refractivity contribution in [1.82, 2.24) is 0 Å². The Hall–Kier alpha value is -0.714. The van der Waals surface area contributed by atoms with Gasteiger partial charge in [0.25, 0.3) is 0 Å². The Bertz CT molecular complexity index is 449. The van der Waals surface area contributed by atoms with E-state index in [1.165, 1.54) is 0 Å². The first-order valence-corrected chi connectivity index (χ1v) is 5.11. The van der Waals surface area contributed by atoms with Gasteiger partial charge in [0.1, 0.15) is 0 Å². The van der Waals surface area contributed by atoms with E-state index in [4.69, 9.17) is 9.47 Å². The van der Waals surface area contributed by atoms with Crippen molar-refractivity contribution in [1.29, 1.82) is 0 Å². The summed E-state index contributed by atoms with van der Waals surface area (Å²) in [6.07, 6.45) is 0. The summed E-state index contributed by atoms with van der Waals surface area (Å²) in [5.41, 5.74) is 1.13. The van der Waals surface area contributed by atoms with E-state index in [1.807, 2.05) is 36.4 Å². The van der Waals surface area contributed by atoms with Crippen LogP contribution in [0.5, 0.6) is 11.5 Å². The third-order valence-electron chi connectivity index (χ3n) is 2.25. The molecule has 2 rings (SSSR count). The number of halogens is 1. The molecule has 0 amide bonds. The Kier molecular flexibility index (Phi) is 8.88. The van der Waals surface area contributed by atoms with Gasteiger partial charge in [0.15, 0.2) is 0 Å². The van der Waals surface area contributed by atoms with Gasteiger partial charge in [0.05, 0.1) is 19.5 Å². The van der Waals surface area contributed by atoms with Gasteiger partial charge in [-0.15, -0.1) is 12.1 Å². The fourth-order valence-electron chi connectivity index (χ4n) is 1.42. The monoisotopic (exact) mass is 316 g/mol. The molecule has 2 aromatic carbocycles. The van der Waals surface area contributed by atoms with Crippen LogP contribution in [0, 0.1) is 6.07 Å². The maximum absolute atomic E-state index is 5.66. The minimum Gasteiger partial charge on any atom is -1.00 e. The second-order valence-electron chi connectivity index (χ2n) is 3.35. The van der Waals surface area contributed by atoms with Crippen molar-refractivity contribution in [3.05, 3.63) is 60.2 Å². The molecule has 2 nitrogen and oxygen atoms in total. The number of rotatable bonds is 4. The summed E-state index contributed by atoms with van der Waals surface area (Å²) in [6.45, 7) is 0.537. The first-order chi connectivity index (χ1) is 7.90. The summed E-state index contributed by atoms with van der Waals surface area (Å²) in [6, 6.07) is 18.4. The molecule has 0 bridgehead atoms. The number of hydrogen-bond acceptors (Lipinski definition) is 2. The Morgan fingerprint density at radius 2 is 1.78 bits per heavy atom. The van der Waals surface area contributed by atoms with Gasteiger partial charge in [0.2, 0.25) is 0 Å². The van der Waals surface area contributed by atoms with Crippen molar-refractivity contribution >= 4 is 23.1 Å². The predicted octanol–water partition coefficient (Wildman–Crippen LogP) is -0.302. The first-order valence-electron chi connectivity index (χ1n) is 5.11. The van der Waals surface area contributed by atoms with E-state index in [9.17, 15) is 0 Å². The third kappa shape index (κ3) is 4.88. The van der Waals surface area contributed by atoms with E-state index < -0.39 is 0 Å². The zero-order valence-corrected chi connectivity index (χ0v) is 13.2. The van der Waals surface area contributed by atoms with Crippen molar-refractivity contribution in [2.45, 2.75) is 6.61 Å². The molecule has 90 valence electrons. The third-order valence-corrected chi connectivity index (χ3v) is 2.25. The van der Waals surface area contributed by atoms with Crippen LogP contribution in [-0.4, -0.2) is 30.2 Å². The van der Waals surface area contributed by atoms with Gasteiger partial charge in [-0.25, -0.2) is 0 Å². The standard InChI is InChI=1S/C14H13O2.BrH.Mg/c1-15-13-9-5-6-10-14(13)16-11-12-7-3-2-4-8-12;;/h2-5,7-10H,11H2,1H3;1H;/q-1;;+2/p-1. The molecule has 2 aromatic rings. The molecule has 0 aliphatic heterocycles. The van der Waals surface area contributed by atoms with Crippen molar-refractivity contribution in [3.63, 3.8) is 0 Å². The largest absolute Gasteiger partial charge is 2.00 e. The number of ether oxygens (including phenoxy) is 2. The second kappa shape index (κ2) is 9.25. The topological polar surface area (TPSA) is 18.5 Å². The zero-order chi connectivity index (χ0) is 11.2. The van der Waals surface area contributed by atoms with Crippen LogP contribution in [0.3, 0.4) is 0 Å². The van der Waals surface area contributed by atoms with Crippen molar-refractivity contribution in [3.8, 4) is 11.5 Å². The summed E-state index contributed by atoms with van der Waals surface area (Å²) in [5.74, 6) is 1.45. The Morgan fingerprint density at radius 1 is 1.06 bits per heavy atom. The van der Waals surface area contributed by atoms with Crippen LogP contribution in [0.15, 0.2) is 48.5 Å². The van der Waals surface area contributed by atoms with Crippen LogP contribution in [0.4, 0.5) is 0 Å². The normalized spacial score (nSPS) is 8.72. The summed E-state index contributed by atoms with van der Waals surface area (Å²) in [5, 5.41) is 0. The molecular formula is C14H13BrMgO2. The van der Waals surface area contributed by atoms with Gasteiger partial charge in [-0.05, 0) is 5.56 Å². The second-order valence-corrected chi connectivity index (χ2v) is 3.35. The van der Waals surface area contributed by atoms with E-state index in [2.05, 4.69) is 6.07 Å². The average molecular weight is 317 g/mol. The van der Waals surface area contributed by atoms with E-state index in [-0.39, 0.29) is 40.0 Å². The average Bonchev–Trinajstić information content (AvgIpc) is 2.38. The quantitative estimate of drug-likeness (QED) is 0.569. The smallest absolute Gasteiger partial charge is 1.00 e. The summed E-state index contributed by atoms with van der Waals surface area (Å²) < 4.78 is 10.8.